The highest BCUT2D eigenvalue weighted by Gasteiger charge is 2.29. The van der Waals surface area contributed by atoms with Gasteiger partial charge in [0.15, 0.2) is 0 Å². The number of aryl methyl sites for hydroxylation is 1. The summed E-state index contributed by atoms with van der Waals surface area (Å²) < 4.78 is 4.94. The van der Waals surface area contributed by atoms with Crippen LogP contribution in [-0.2, 0) is 4.79 Å². The van der Waals surface area contributed by atoms with Crippen molar-refractivity contribution in [2.24, 2.45) is 0 Å². The Morgan fingerprint density at radius 1 is 1.61 bits per heavy atom. The fraction of sp³-hybridized carbons (Fsp3) is 0.200. The van der Waals surface area contributed by atoms with Crippen LogP contribution in [0.4, 0.5) is 5.88 Å². The molecule has 0 aromatic carbocycles. The Morgan fingerprint density at radius 3 is 2.78 bits per heavy atom. The highest BCUT2D eigenvalue weighted by molar-refractivity contribution is 6.14. The lowest BCUT2D eigenvalue weighted by Crippen LogP contribution is -2.25. The molecule has 94 valence electrons. The average Bonchev–Trinajstić information content (AvgIpc) is 2.75. The molecule has 1 saturated heterocycles. The molecule has 2 rings (SSSR count). The normalized spacial score (nSPS) is 17.4. The van der Waals surface area contributed by atoms with Crippen LogP contribution in [0.5, 0.6) is 0 Å². The van der Waals surface area contributed by atoms with Gasteiger partial charge in [0.25, 0.3) is 5.91 Å². The van der Waals surface area contributed by atoms with Gasteiger partial charge in [-0.25, -0.2) is 0 Å². The Balaban J connectivity index is 2.48. The van der Waals surface area contributed by atoms with Crippen LogP contribution in [-0.4, -0.2) is 28.7 Å². The second-order valence-corrected chi connectivity index (χ2v) is 3.77. The van der Waals surface area contributed by atoms with Gasteiger partial charge in [0.2, 0.25) is 5.96 Å². The predicted octanol–water partition coefficient (Wildman–Crippen LogP) is 0.833. The molecule has 0 atom stereocenters. The Morgan fingerprint density at radius 2 is 2.28 bits per heavy atom. The summed E-state index contributed by atoms with van der Waals surface area (Å²) in [6, 6.07) is 1.47. The first-order valence-electron chi connectivity index (χ1n) is 5.00. The zero-order valence-electron chi connectivity index (χ0n) is 9.68. The highest BCUT2D eigenvalue weighted by atomic mass is 16.6. The van der Waals surface area contributed by atoms with Gasteiger partial charge in [0, 0.05) is 7.05 Å². The largest absolute Gasteiger partial charge is 0.440 e. The van der Waals surface area contributed by atoms with E-state index in [1.54, 1.807) is 6.92 Å². The molecule has 1 amide bonds. The van der Waals surface area contributed by atoms with Gasteiger partial charge in [0.05, 0.1) is 5.56 Å². The first-order valence-corrected chi connectivity index (χ1v) is 5.00. The number of amides is 1. The Kier molecular flexibility index (Phi) is 2.62. The summed E-state index contributed by atoms with van der Waals surface area (Å²) in [5.74, 6) is -0.589. The van der Waals surface area contributed by atoms with Crippen LogP contribution in [0.3, 0.4) is 0 Å². The summed E-state index contributed by atoms with van der Waals surface area (Å²) in [6.07, 6.45) is 1.32. The van der Waals surface area contributed by atoms with Crippen molar-refractivity contribution in [3.63, 3.8) is 0 Å². The number of carbonyl (C=O) groups excluding carboxylic acids is 1. The van der Waals surface area contributed by atoms with E-state index in [0.717, 1.165) is 0 Å². The zero-order chi connectivity index (χ0) is 13.4. The number of rotatable bonds is 2. The second kappa shape index (κ2) is 3.99. The average molecular weight is 250 g/mol. The molecule has 1 aromatic rings. The van der Waals surface area contributed by atoms with E-state index in [4.69, 9.17) is 9.83 Å². The molecular formula is C10H10N4O4. The number of nitrogens with one attached hydrogen (secondary N) is 2. The lowest BCUT2D eigenvalue weighted by molar-refractivity contribution is -0.402. The lowest BCUT2D eigenvalue weighted by Gasteiger charge is -2.07. The molecule has 0 spiro atoms. The van der Waals surface area contributed by atoms with Crippen molar-refractivity contribution in [2.45, 2.75) is 6.92 Å². The lowest BCUT2D eigenvalue weighted by atomic mass is 10.2. The molecule has 1 aliphatic rings. The van der Waals surface area contributed by atoms with Gasteiger partial charge in [-0.1, -0.05) is 0 Å². The molecule has 8 heteroatoms. The van der Waals surface area contributed by atoms with Gasteiger partial charge in [-0.05, 0) is 19.1 Å². The standard InChI is InChI=1S/C10H10N4O4/c1-5-3-6(9(18-5)14(16)17)4-7-8(15)12-10(11)13(7)2/h3-4H,1-2H3,(H2,11,12,15)/b7-4-. The number of likely N-dealkylation sites (N-methyl/N-ethyl adjacent to an activating group) is 1. The van der Waals surface area contributed by atoms with Gasteiger partial charge in [-0.3, -0.25) is 25.6 Å². The maximum absolute atomic E-state index is 11.5. The third-order valence-electron chi connectivity index (χ3n) is 2.48. The third kappa shape index (κ3) is 1.83. The van der Waals surface area contributed by atoms with Crippen LogP contribution in [0.1, 0.15) is 11.3 Å². The van der Waals surface area contributed by atoms with Crippen molar-refractivity contribution >= 4 is 23.8 Å². The number of carbonyl (C=O) groups is 1. The molecule has 0 radical (unpaired) electrons. The second-order valence-electron chi connectivity index (χ2n) is 3.77. The molecule has 0 bridgehead atoms. The minimum atomic E-state index is -0.655. The summed E-state index contributed by atoms with van der Waals surface area (Å²) in [6.45, 7) is 1.58. The van der Waals surface area contributed by atoms with Crippen molar-refractivity contribution in [1.29, 1.82) is 5.41 Å². The molecule has 1 aromatic heterocycles. The Bertz CT molecular complexity index is 587. The Hall–Kier alpha value is -2.64. The molecule has 8 nitrogen and oxygen atoms in total. The summed E-state index contributed by atoms with van der Waals surface area (Å²) in [5, 5.41) is 20.5. The van der Waals surface area contributed by atoms with Gasteiger partial charge in [-0.15, -0.1) is 0 Å². The van der Waals surface area contributed by atoms with Crippen molar-refractivity contribution < 1.29 is 14.1 Å². The number of furan rings is 1. The van der Waals surface area contributed by atoms with E-state index in [9.17, 15) is 14.9 Å². The predicted molar refractivity (Wildman–Crippen MR) is 61.7 cm³/mol. The molecule has 0 unspecified atom stereocenters. The summed E-state index contributed by atoms with van der Waals surface area (Å²) in [4.78, 5) is 22.9. The topological polar surface area (TPSA) is 112 Å². The van der Waals surface area contributed by atoms with E-state index >= 15 is 0 Å². The zero-order valence-corrected chi connectivity index (χ0v) is 9.68. The van der Waals surface area contributed by atoms with Crippen LogP contribution in [0, 0.1) is 22.4 Å². The van der Waals surface area contributed by atoms with Crippen molar-refractivity contribution in [3.8, 4) is 0 Å². The van der Waals surface area contributed by atoms with Gasteiger partial charge >= 0.3 is 5.88 Å². The molecule has 0 aliphatic carbocycles. The van der Waals surface area contributed by atoms with E-state index in [1.165, 1.54) is 24.1 Å². The van der Waals surface area contributed by atoms with E-state index in [2.05, 4.69) is 5.32 Å². The fourth-order valence-electron chi connectivity index (χ4n) is 1.61. The minimum Gasteiger partial charge on any atom is -0.406 e. The fourth-order valence-corrected chi connectivity index (χ4v) is 1.61. The third-order valence-corrected chi connectivity index (χ3v) is 2.48. The molecule has 1 fully saturated rings. The monoisotopic (exact) mass is 250 g/mol. The number of nitrogens with zero attached hydrogens (tertiary/aromatic N) is 2. The van der Waals surface area contributed by atoms with Crippen LogP contribution >= 0.6 is 0 Å². The van der Waals surface area contributed by atoms with Crippen molar-refractivity contribution in [1.82, 2.24) is 10.2 Å². The van der Waals surface area contributed by atoms with E-state index in [1.807, 2.05) is 0 Å². The molecule has 2 N–H and O–H groups in total. The SMILES string of the molecule is Cc1cc(/C=C2/C(=O)NC(=N)N2C)c([N+](=O)[O-])o1. The molecule has 2 heterocycles. The number of guanidine groups is 1. The maximum atomic E-state index is 11.5. The van der Waals surface area contributed by atoms with E-state index in [0.29, 0.717) is 5.76 Å². The van der Waals surface area contributed by atoms with Crippen LogP contribution < -0.4 is 5.32 Å². The van der Waals surface area contributed by atoms with E-state index in [-0.39, 0.29) is 17.2 Å². The van der Waals surface area contributed by atoms with Crippen LogP contribution in [0.2, 0.25) is 0 Å². The number of nitro groups is 1. The van der Waals surface area contributed by atoms with E-state index < -0.39 is 16.7 Å². The van der Waals surface area contributed by atoms with Crippen LogP contribution in [0.25, 0.3) is 6.08 Å². The molecule has 0 saturated carbocycles. The van der Waals surface area contributed by atoms with Gasteiger partial charge in [-0.2, -0.15) is 0 Å². The first-order chi connectivity index (χ1) is 8.40. The number of hydrogen-bond acceptors (Lipinski definition) is 5. The quantitative estimate of drug-likeness (QED) is 0.458. The smallest absolute Gasteiger partial charge is 0.406 e. The van der Waals surface area contributed by atoms with Gasteiger partial charge in [0.1, 0.15) is 16.4 Å². The summed E-state index contributed by atoms with van der Waals surface area (Å²) >= 11 is 0. The highest BCUT2D eigenvalue weighted by Crippen LogP contribution is 2.26. The summed E-state index contributed by atoms with van der Waals surface area (Å²) in [5.41, 5.74) is 0.355. The molecule has 1 aliphatic heterocycles. The maximum Gasteiger partial charge on any atom is 0.440 e. The van der Waals surface area contributed by atoms with Crippen LogP contribution in [0.15, 0.2) is 16.2 Å². The van der Waals surface area contributed by atoms with Gasteiger partial charge < -0.3 is 9.32 Å². The van der Waals surface area contributed by atoms with Crippen molar-refractivity contribution in [2.75, 3.05) is 7.05 Å². The number of hydrogen-bond donors (Lipinski definition) is 2. The van der Waals surface area contributed by atoms with Crippen molar-refractivity contribution in [3.05, 3.63) is 33.2 Å². The first kappa shape index (κ1) is 11.8. The summed E-state index contributed by atoms with van der Waals surface area (Å²) in [7, 11) is 1.52. The molecular weight excluding hydrogens is 240 g/mol. The molecule has 18 heavy (non-hydrogen) atoms. The Labute approximate surface area is 102 Å². The minimum absolute atomic E-state index is 0.0749.